The highest BCUT2D eigenvalue weighted by molar-refractivity contribution is 7.73. The van der Waals surface area contributed by atoms with Crippen LogP contribution in [-0.2, 0) is 0 Å². The third-order valence-corrected chi connectivity index (χ3v) is 5.57. The lowest BCUT2D eigenvalue weighted by atomic mass is 10.3. The maximum Gasteiger partial charge on any atom is 0.0720 e. The van der Waals surface area contributed by atoms with Crippen molar-refractivity contribution in [3.63, 3.8) is 0 Å². The summed E-state index contributed by atoms with van der Waals surface area (Å²) in [6.45, 7) is 0. The van der Waals surface area contributed by atoms with E-state index < -0.39 is 7.92 Å². The Hall–Kier alpha value is -2.49. The zero-order valence-corrected chi connectivity index (χ0v) is 13.1. The van der Waals surface area contributed by atoms with E-state index in [1.807, 2.05) is 12.1 Å². The molecule has 2 aromatic carbocycles. The zero-order valence-electron chi connectivity index (χ0n) is 12.2. The van der Waals surface area contributed by atoms with Crippen molar-refractivity contribution in [3.8, 4) is 36.0 Å². The maximum atomic E-state index is 6.15. The summed E-state index contributed by atoms with van der Waals surface area (Å²) in [6.07, 6.45) is 5.86. The minimum absolute atomic E-state index is 0.224. The molecule has 1 atom stereocenters. The van der Waals surface area contributed by atoms with Crippen LogP contribution in [0, 0.1) is 36.0 Å². The lowest BCUT2D eigenvalue weighted by Gasteiger charge is -2.20. The summed E-state index contributed by atoms with van der Waals surface area (Å²) >= 11 is 0. The molecule has 2 aromatic rings. The largest absolute Gasteiger partial charge is 0.317 e. The van der Waals surface area contributed by atoms with Crippen molar-refractivity contribution >= 4 is 18.5 Å². The van der Waals surface area contributed by atoms with Crippen LogP contribution in [0.3, 0.4) is 0 Å². The standard InChI is InChI=1S/C20H16NP/c1-2-3-4-7-12-18(21)17-22(19-13-8-5-9-14-19)20-15-10-6-11-16-20/h1,5-6,8-11,13-16,18H,17,21H2/t18-/m1/s1. The molecule has 0 saturated heterocycles. The summed E-state index contributed by atoms with van der Waals surface area (Å²) in [7, 11) is -0.531. The van der Waals surface area contributed by atoms with Crippen LogP contribution in [0.15, 0.2) is 60.7 Å². The molecule has 2 rings (SSSR count). The van der Waals surface area contributed by atoms with Gasteiger partial charge in [0.05, 0.1) is 6.04 Å². The Balaban J connectivity index is 2.22. The minimum Gasteiger partial charge on any atom is -0.317 e. The van der Waals surface area contributed by atoms with Crippen LogP contribution in [0.2, 0.25) is 0 Å². The van der Waals surface area contributed by atoms with Gasteiger partial charge in [0.25, 0.3) is 0 Å². The monoisotopic (exact) mass is 301 g/mol. The highest BCUT2D eigenvalue weighted by atomic mass is 31.1. The van der Waals surface area contributed by atoms with E-state index in [4.69, 9.17) is 12.2 Å². The normalized spacial score (nSPS) is 10.6. The summed E-state index contributed by atoms with van der Waals surface area (Å²) in [4.78, 5) is 0. The Morgan fingerprint density at radius 3 is 1.91 bits per heavy atom. The first-order valence-corrected chi connectivity index (χ1v) is 8.43. The second-order valence-electron chi connectivity index (χ2n) is 4.55. The Labute approximate surface area is 133 Å². The van der Waals surface area contributed by atoms with E-state index >= 15 is 0 Å². The molecule has 106 valence electrons. The van der Waals surface area contributed by atoms with Gasteiger partial charge in [0.2, 0.25) is 0 Å². The smallest absolute Gasteiger partial charge is 0.0720 e. The Bertz CT molecular complexity index is 712. The number of terminal acetylenes is 1. The van der Waals surface area contributed by atoms with Crippen LogP contribution in [0.5, 0.6) is 0 Å². The fourth-order valence-corrected chi connectivity index (χ4v) is 4.28. The van der Waals surface area contributed by atoms with Crippen molar-refractivity contribution in [2.75, 3.05) is 6.16 Å². The van der Waals surface area contributed by atoms with Crippen LogP contribution in [-0.4, -0.2) is 12.2 Å². The number of rotatable bonds is 4. The Morgan fingerprint density at radius 2 is 1.41 bits per heavy atom. The summed E-state index contributed by atoms with van der Waals surface area (Å²) in [6, 6.07) is 20.7. The van der Waals surface area contributed by atoms with E-state index in [0.717, 1.165) is 6.16 Å². The van der Waals surface area contributed by atoms with Crippen LogP contribution in [0.4, 0.5) is 0 Å². The van der Waals surface area contributed by atoms with Crippen LogP contribution < -0.4 is 16.3 Å². The average Bonchev–Trinajstić information content (AvgIpc) is 2.58. The maximum absolute atomic E-state index is 6.15. The van der Waals surface area contributed by atoms with Crippen LogP contribution in [0.1, 0.15) is 0 Å². The van der Waals surface area contributed by atoms with Crippen LogP contribution >= 0.6 is 7.92 Å². The summed E-state index contributed by atoms with van der Waals surface area (Å²) < 4.78 is 0. The predicted octanol–water partition coefficient (Wildman–Crippen LogP) is 2.09. The summed E-state index contributed by atoms with van der Waals surface area (Å²) in [5, 5.41) is 2.60. The van der Waals surface area contributed by atoms with E-state index in [0.29, 0.717) is 0 Å². The van der Waals surface area contributed by atoms with Crippen molar-refractivity contribution in [2.45, 2.75) is 6.04 Å². The molecule has 1 nitrogen and oxygen atoms in total. The molecule has 0 bridgehead atoms. The van der Waals surface area contributed by atoms with Crippen molar-refractivity contribution in [3.05, 3.63) is 60.7 Å². The number of hydrogen-bond donors (Lipinski definition) is 1. The Kier molecular flexibility index (Phi) is 6.30. The third-order valence-electron chi connectivity index (χ3n) is 2.97. The van der Waals surface area contributed by atoms with Crippen molar-refractivity contribution in [1.82, 2.24) is 0 Å². The third kappa shape index (κ3) is 4.81. The molecule has 0 radical (unpaired) electrons. The van der Waals surface area contributed by atoms with E-state index in [9.17, 15) is 0 Å². The van der Waals surface area contributed by atoms with Gasteiger partial charge in [-0.05, 0) is 42.2 Å². The molecule has 2 N–H and O–H groups in total. The van der Waals surface area contributed by atoms with Gasteiger partial charge >= 0.3 is 0 Å². The first-order chi connectivity index (χ1) is 10.8. The molecule has 0 aliphatic carbocycles. The SMILES string of the molecule is C#CC#CC#C[C@@H](N)CP(c1ccccc1)c1ccccc1. The van der Waals surface area contributed by atoms with E-state index in [-0.39, 0.29) is 6.04 Å². The topological polar surface area (TPSA) is 26.0 Å². The van der Waals surface area contributed by atoms with Gasteiger partial charge < -0.3 is 5.73 Å². The molecule has 0 saturated carbocycles. The molecule has 22 heavy (non-hydrogen) atoms. The van der Waals surface area contributed by atoms with Crippen LogP contribution in [0.25, 0.3) is 0 Å². The highest BCUT2D eigenvalue weighted by Gasteiger charge is 2.15. The molecular weight excluding hydrogens is 285 g/mol. The second-order valence-corrected chi connectivity index (χ2v) is 6.81. The number of hydrogen-bond acceptors (Lipinski definition) is 1. The van der Waals surface area contributed by atoms with Gasteiger partial charge in [-0.3, -0.25) is 0 Å². The number of nitrogens with two attached hydrogens (primary N) is 1. The molecule has 0 fully saturated rings. The summed E-state index contributed by atoms with van der Waals surface area (Å²) in [5.41, 5.74) is 6.15. The Morgan fingerprint density at radius 1 is 0.864 bits per heavy atom. The van der Waals surface area contributed by atoms with Gasteiger partial charge in [-0.25, -0.2) is 0 Å². The predicted molar refractivity (Wildman–Crippen MR) is 96.3 cm³/mol. The highest BCUT2D eigenvalue weighted by Crippen LogP contribution is 2.33. The molecule has 0 aliphatic rings. The fourth-order valence-electron chi connectivity index (χ4n) is 2.01. The second kappa shape index (κ2) is 8.72. The van der Waals surface area contributed by atoms with E-state index in [1.54, 1.807) is 0 Å². The van der Waals surface area contributed by atoms with Gasteiger partial charge in [-0.15, -0.1) is 6.42 Å². The number of benzene rings is 2. The molecular formula is C20H16NP. The van der Waals surface area contributed by atoms with Gasteiger partial charge in [0.1, 0.15) is 0 Å². The molecule has 0 heterocycles. The molecule has 0 spiro atoms. The van der Waals surface area contributed by atoms with Crippen molar-refractivity contribution in [1.29, 1.82) is 0 Å². The summed E-state index contributed by atoms with van der Waals surface area (Å²) in [5.74, 6) is 13.0. The first-order valence-electron chi connectivity index (χ1n) is 6.90. The average molecular weight is 301 g/mol. The van der Waals surface area contributed by atoms with Crippen molar-refractivity contribution < 1.29 is 0 Å². The van der Waals surface area contributed by atoms with Gasteiger partial charge in [-0.1, -0.05) is 66.6 Å². The van der Waals surface area contributed by atoms with E-state index in [1.165, 1.54) is 10.6 Å². The quantitative estimate of drug-likeness (QED) is 0.679. The van der Waals surface area contributed by atoms with Gasteiger partial charge in [0, 0.05) is 6.16 Å². The van der Waals surface area contributed by atoms with E-state index in [2.05, 4.69) is 78.1 Å². The van der Waals surface area contributed by atoms with Crippen molar-refractivity contribution in [2.24, 2.45) is 5.73 Å². The molecule has 0 aliphatic heterocycles. The lowest BCUT2D eigenvalue weighted by Crippen LogP contribution is -2.27. The first kappa shape index (κ1) is 15.9. The molecule has 0 aromatic heterocycles. The molecule has 0 amide bonds. The minimum atomic E-state index is -0.531. The van der Waals surface area contributed by atoms with Gasteiger partial charge in [0.15, 0.2) is 0 Å². The lowest BCUT2D eigenvalue weighted by molar-refractivity contribution is 0.970. The zero-order chi connectivity index (χ0) is 15.6. The molecule has 0 unspecified atom stereocenters. The van der Waals surface area contributed by atoms with Gasteiger partial charge in [-0.2, -0.15) is 0 Å². The fraction of sp³-hybridized carbons (Fsp3) is 0.100. The molecule has 2 heteroatoms.